The second kappa shape index (κ2) is 6.73. The first-order valence-corrected chi connectivity index (χ1v) is 7.93. The van der Waals surface area contributed by atoms with Crippen LogP contribution in [0.1, 0.15) is 48.2 Å². The number of phenolic OH excluding ortho intramolecular Hbond substituents is 1. The zero-order chi connectivity index (χ0) is 16.2. The van der Waals surface area contributed by atoms with Crippen LogP contribution in [0.2, 0.25) is 0 Å². The third-order valence-corrected chi connectivity index (χ3v) is 3.91. The molecular weight excluding hydrogens is 292 g/mol. The number of ether oxygens (including phenoxy) is 2. The highest BCUT2D eigenvalue weighted by Gasteiger charge is 2.30. The minimum Gasteiger partial charge on any atom is -0.507 e. The number of Topliss-reactive ketones (excluding diaryl/α,β-unsaturated/α-hetero) is 1. The molecule has 120 valence electrons. The molecule has 23 heavy (non-hydrogen) atoms. The van der Waals surface area contributed by atoms with E-state index in [0.29, 0.717) is 18.1 Å². The Labute approximate surface area is 135 Å². The van der Waals surface area contributed by atoms with Crippen LogP contribution >= 0.6 is 0 Å². The lowest BCUT2D eigenvalue weighted by molar-refractivity contribution is 0.0844. The summed E-state index contributed by atoms with van der Waals surface area (Å²) in [6.07, 6.45) is 1.86. The van der Waals surface area contributed by atoms with Crippen LogP contribution in [0.4, 0.5) is 0 Å². The lowest BCUT2D eigenvalue weighted by atomic mass is 9.95. The molecule has 0 amide bonds. The Bertz CT molecular complexity index is 694. The van der Waals surface area contributed by atoms with Crippen LogP contribution in [0.5, 0.6) is 17.2 Å². The van der Waals surface area contributed by atoms with Gasteiger partial charge in [-0.15, -0.1) is 0 Å². The van der Waals surface area contributed by atoms with Gasteiger partial charge in [-0.05, 0) is 12.0 Å². The summed E-state index contributed by atoms with van der Waals surface area (Å²) < 4.78 is 11.6. The topological polar surface area (TPSA) is 55.8 Å². The summed E-state index contributed by atoms with van der Waals surface area (Å²) in [5.74, 6) is 0.723. The number of ketones is 1. The molecule has 0 bridgehead atoms. The van der Waals surface area contributed by atoms with E-state index in [1.54, 1.807) is 6.07 Å². The van der Waals surface area contributed by atoms with E-state index in [1.807, 2.05) is 30.3 Å². The molecule has 1 aliphatic rings. The van der Waals surface area contributed by atoms with E-state index in [2.05, 4.69) is 6.92 Å². The maximum Gasteiger partial charge on any atom is 0.174 e. The van der Waals surface area contributed by atoms with Crippen molar-refractivity contribution in [2.45, 2.75) is 32.3 Å². The van der Waals surface area contributed by atoms with Crippen LogP contribution in [0.15, 0.2) is 42.5 Å². The number of carbonyl (C=O) groups excluding carboxylic acids is 1. The van der Waals surface area contributed by atoms with E-state index in [9.17, 15) is 9.90 Å². The number of hydrogen-bond acceptors (Lipinski definition) is 4. The number of aromatic hydroxyl groups is 1. The predicted molar refractivity (Wildman–Crippen MR) is 87.3 cm³/mol. The molecule has 0 aliphatic carbocycles. The smallest absolute Gasteiger partial charge is 0.174 e. The number of rotatable bonds is 5. The summed E-state index contributed by atoms with van der Waals surface area (Å²) in [5.41, 5.74) is 1.20. The monoisotopic (exact) mass is 312 g/mol. The highest BCUT2D eigenvalue weighted by Crippen LogP contribution is 2.41. The van der Waals surface area contributed by atoms with E-state index in [0.717, 1.165) is 18.4 Å². The standard InChI is InChI=1S/C19H20O4/c1-2-3-9-22-14-10-15(20)19-16(21)12-17(23-18(19)11-14)13-7-5-4-6-8-13/h4-8,10-11,17,20H,2-3,9,12H2,1H3/t17-/m0/s1. The Morgan fingerprint density at radius 2 is 2.04 bits per heavy atom. The fraction of sp³-hybridized carbons (Fsp3) is 0.316. The first-order chi connectivity index (χ1) is 11.2. The lowest BCUT2D eigenvalue weighted by Crippen LogP contribution is -2.20. The van der Waals surface area contributed by atoms with E-state index in [-0.39, 0.29) is 29.6 Å². The Morgan fingerprint density at radius 1 is 1.26 bits per heavy atom. The van der Waals surface area contributed by atoms with Crippen molar-refractivity contribution < 1.29 is 19.4 Å². The largest absolute Gasteiger partial charge is 0.507 e. The van der Waals surface area contributed by atoms with Crippen LogP contribution < -0.4 is 9.47 Å². The molecule has 1 aliphatic heterocycles. The molecule has 0 saturated carbocycles. The molecule has 0 spiro atoms. The summed E-state index contributed by atoms with van der Waals surface area (Å²) >= 11 is 0. The molecular formula is C19H20O4. The molecule has 2 aromatic rings. The molecule has 0 saturated heterocycles. The van der Waals surface area contributed by atoms with Gasteiger partial charge in [0.1, 0.15) is 28.9 Å². The van der Waals surface area contributed by atoms with Gasteiger partial charge in [0.2, 0.25) is 0 Å². The summed E-state index contributed by atoms with van der Waals surface area (Å²) in [7, 11) is 0. The molecule has 0 radical (unpaired) electrons. The van der Waals surface area contributed by atoms with Crippen molar-refractivity contribution in [2.75, 3.05) is 6.61 Å². The van der Waals surface area contributed by atoms with E-state index < -0.39 is 0 Å². The molecule has 0 fully saturated rings. The Morgan fingerprint density at radius 3 is 2.78 bits per heavy atom. The van der Waals surface area contributed by atoms with Gasteiger partial charge in [-0.3, -0.25) is 4.79 Å². The Hall–Kier alpha value is -2.49. The first-order valence-electron chi connectivity index (χ1n) is 7.93. The number of hydrogen-bond donors (Lipinski definition) is 1. The SMILES string of the molecule is CCCCOc1cc(O)c2c(c1)O[C@H](c1ccccc1)CC2=O. The minimum absolute atomic E-state index is 0.0782. The van der Waals surface area contributed by atoms with Crippen molar-refractivity contribution in [3.8, 4) is 17.2 Å². The highest BCUT2D eigenvalue weighted by atomic mass is 16.5. The molecule has 4 nitrogen and oxygen atoms in total. The number of carbonyl (C=O) groups is 1. The molecule has 4 heteroatoms. The third-order valence-electron chi connectivity index (χ3n) is 3.91. The number of benzene rings is 2. The van der Waals surface area contributed by atoms with Gasteiger partial charge in [0.05, 0.1) is 13.0 Å². The number of fused-ring (bicyclic) bond motifs is 1. The van der Waals surface area contributed by atoms with Crippen molar-refractivity contribution in [2.24, 2.45) is 0 Å². The second-order valence-corrected chi connectivity index (χ2v) is 5.66. The Balaban J connectivity index is 1.88. The summed E-state index contributed by atoms with van der Waals surface area (Å²) in [6, 6.07) is 12.8. The average molecular weight is 312 g/mol. The van der Waals surface area contributed by atoms with Gasteiger partial charge in [0.25, 0.3) is 0 Å². The van der Waals surface area contributed by atoms with E-state index in [1.165, 1.54) is 6.07 Å². The van der Waals surface area contributed by atoms with Crippen molar-refractivity contribution in [1.82, 2.24) is 0 Å². The van der Waals surface area contributed by atoms with Crippen LogP contribution in [0.25, 0.3) is 0 Å². The third kappa shape index (κ3) is 3.31. The molecule has 1 heterocycles. The van der Waals surface area contributed by atoms with Gasteiger partial charge in [0.15, 0.2) is 5.78 Å². The van der Waals surface area contributed by atoms with E-state index in [4.69, 9.17) is 9.47 Å². The predicted octanol–water partition coefficient (Wildman–Crippen LogP) is 4.28. The van der Waals surface area contributed by atoms with Gasteiger partial charge in [-0.1, -0.05) is 43.7 Å². The maximum atomic E-state index is 12.4. The van der Waals surface area contributed by atoms with Gasteiger partial charge in [-0.25, -0.2) is 0 Å². The first kappa shape index (κ1) is 15.4. The molecule has 1 N–H and O–H groups in total. The quantitative estimate of drug-likeness (QED) is 0.837. The van der Waals surface area contributed by atoms with Crippen LogP contribution in [0.3, 0.4) is 0 Å². The van der Waals surface area contributed by atoms with Crippen LogP contribution in [0, 0.1) is 0 Å². The van der Waals surface area contributed by atoms with Crippen molar-refractivity contribution in [3.63, 3.8) is 0 Å². The van der Waals surface area contributed by atoms with Crippen LogP contribution in [-0.4, -0.2) is 17.5 Å². The van der Waals surface area contributed by atoms with Gasteiger partial charge in [0, 0.05) is 12.1 Å². The summed E-state index contributed by atoms with van der Waals surface area (Å²) in [4.78, 5) is 12.4. The molecule has 0 unspecified atom stereocenters. The van der Waals surface area contributed by atoms with Gasteiger partial charge < -0.3 is 14.6 Å². The van der Waals surface area contributed by atoms with Crippen LogP contribution in [-0.2, 0) is 0 Å². The maximum absolute atomic E-state index is 12.4. The van der Waals surface area contributed by atoms with Gasteiger partial charge >= 0.3 is 0 Å². The summed E-state index contributed by atoms with van der Waals surface area (Å²) in [5, 5.41) is 10.1. The molecule has 1 atom stereocenters. The summed E-state index contributed by atoms with van der Waals surface area (Å²) in [6.45, 7) is 2.66. The molecule has 0 aromatic heterocycles. The fourth-order valence-corrected chi connectivity index (χ4v) is 2.69. The average Bonchev–Trinajstić information content (AvgIpc) is 2.55. The normalized spacial score (nSPS) is 16.6. The minimum atomic E-state index is -0.332. The van der Waals surface area contributed by atoms with Crippen molar-refractivity contribution >= 4 is 5.78 Å². The fourth-order valence-electron chi connectivity index (χ4n) is 2.69. The van der Waals surface area contributed by atoms with Crippen molar-refractivity contribution in [3.05, 3.63) is 53.6 Å². The van der Waals surface area contributed by atoms with Gasteiger partial charge in [-0.2, -0.15) is 0 Å². The second-order valence-electron chi connectivity index (χ2n) is 5.66. The molecule has 2 aromatic carbocycles. The number of unbranched alkanes of at least 4 members (excludes halogenated alkanes) is 1. The zero-order valence-corrected chi connectivity index (χ0v) is 13.1. The van der Waals surface area contributed by atoms with Crippen molar-refractivity contribution in [1.29, 1.82) is 0 Å². The molecule has 3 rings (SSSR count). The number of phenols is 1. The highest BCUT2D eigenvalue weighted by molar-refractivity contribution is 6.02. The van der Waals surface area contributed by atoms with E-state index >= 15 is 0 Å². The lowest BCUT2D eigenvalue weighted by Gasteiger charge is -2.26. The zero-order valence-electron chi connectivity index (χ0n) is 13.1. The Kier molecular flexibility index (Phi) is 4.51.